The van der Waals surface area contributed by atoms with Crippen molar-refractivity contribution in [2.24, 2.45) is 0 Å². The molecule has 0 radical (unpaired) electrons. The van der Waals surface area contributed by atoms with E-state index in [1.54, 1.807) is 12.5 Å². The van der Waals surface area contributed by atoms with Gasteiger partial charge in [-0.3, -0.25) is 0 Å². The molecule has 2 aromatic rings. The second-order valence-corrected chi connectivity index (χ2v) is 7.50. The average molecular weight is 381 g/mol. The number of hydrogen-bond donors (Lipinski definition) is 0. The minimum atomic E-state index is -0.226. The summed E-state index contributed by atoms with van der Waals surface area (Å²) in [5.41, 5.74) is 1.04. The summed E-state index contributed by atoms with van der Waals surface area (Å²) in [6.45, 7) is 3.33. The first kappa shape index (κ1) is 19.9. The molecule has 0 bridgehead atoms. The van der Waals surface area contributed by atoms with Gasteiger partial charge in [-0.05, 0) is 35.9 Å². The van der Waals surface area contributed by atoms with Gasteiger partial charge >= 0.3 is 5.30 Å². The lowest BCUT2D eigenvalue weighted by Crippen LogP contribution is -2.09. The summed E-state index contributed by atoms with van der Waals surface area (Å²) < 4.78 is 7.35. The lowest BCUT2D eigenvalue weighted by molar-refractivity contribution is 0.172. The molecule has 1 aromatic heterocycles. The molecule has 1 atom stereocenters. The van der Waals surface area contributed by atoms with Crippen LogP contribution in [0, 0.1) is 0 Å². The van der Waals surface area contributed by atoms with Crippen molar-refractivity contribution in [3.05, 3.63) is 53.6 Å². The zero-order valence-corrected chi connectivity index (χ0v) is 16.1. The monoisotopic (exact) mass is 380 g/mol. The van der Waals surface area contributed by atoms with Crippen molar-refractivity contribution in [2.45, 2.75) is 50.8 Å². The van der Waals surface area contributed by atoms with E-state index in [-0.39, 0.29) is 10.6 Å². The van der Waals surface area contributed by atoms with E-state index >= 15 is 0 Å². The molecule has 25 heavy (non-hydrogen) atoms. The summed E-state index contributed by atoms with van der Waals surface area (Å²) >= 11 is 7.19. The smallest absolute Gasteiger partial charge is 0.367 e. The highest BCUT2D eigenvalue weighted by Crippen LogP contribution is 2.32. The molecule has 1 heterocycles. The van der Waals surface area contributed by atoms with Crippen molar-refractivity contribution in [3.63, 3.8) is 0 Å². The second-order valence-electron chi connectivity index (χ2n) is 5.93. The van der Waals surface area contributed by atoms with E-state index in [9.17, 15) is 4.79 Å². The van der Waals surface area contributed by atoms with Gasteiger partial charge in [-0.2, -0.15) is 0 Å². The molecule has 0 aliphatic heterocycles. The number of benzene rings is 1. The third-order valence-corrected chi connectivity index (χ3v) is 5.15. The van der Waals surface area contributed by atoms with Crippen LogP contribution >= 0.6 is 23.4 Å². The quantitative estimate of drug-likeness (QED) is 0.368. The van der Waals surface area contributed by atoms with Crippen LogP contribution in [0.2, 0.25) is 5.02 Å². The number of thioether (sulfide) groups is 1. The number of ether oxygens (including phenoxy) is 1. The molecule has 1 unspecified atom stereocenters. The van der Waals surface area contributed by atoms with Crippen LogP contribution in [0.1, 0.15) is 49.8 Å². The van der Waals surface area contributed by atoms with E-state index < -0.39 is 0 Å². The fraction of sp³-hybridized carbons (Fsp3) is 0.474. The van der Waals surface area contributed by atoms with E-state index in [0.717, 1.165) is 18.4 Å². The summed E-state index contributed by atoms with van der Waals surface area (Å²) in [4.78, 5) is 16.3. The number of carbonyl (C=O) groups is 1. The Morgan fingerprint density at radius 3 is 2.68 bits per heavy atom. The van der Waals surface area contributed by atoms with Crippen molar-refractivity contribution in [1.29, 1.82) is 0 Å². The van der Waals surface area contributed by atoms with E-state index in [0.29, 0.717) is 18.2 Å². The molecular weight excluding hydrogens is 356 g/mol. The molecule has 0 spiro atoms. The Labute approximate surface area is 158 Å². The lowest BCUT2D eigenvalue weighted by atomic mass is 10.1. The van der Waals surface area contributed by atoms with E-state index in [2.05, 4.69) is 11.9 Å². The van der Waals surface area contributed by atoms with E-state index in [4.69, 9.17) is 16.3 Å². The fourth-order valence-corrected chi connectivity index (χ4v) is 3.54. The molecule has 1 aromatic carbocycles. The molecule has 0 aliphatic rings. The SMILES string of the molecule is CCCCCCCOC(=O)SC(Cn1ccnc1)c1ccc(Cl)cc1. The molecule has 136 valence electrons. The van der Waals surface area contributed by atoms with Crippen LogP contribution in [-0.2, 0) is 11.3 Å². The third-order valence-electron chi connectivity index (χ3n) is 3.88. The van der Waals surface area contributed by atoms with Crippen LogP contribution in [0.3, 0.4) is 0 Å². The Hall–Kier alpha value is -1.46. The largest absolute Gasteiger partial charge is 0.458 e. The molecule has 2 rings (SSSR count). The first-order valence-corrected chi connectivity index (χ1v) is 9.99. The van der Waals surface area contributed by atoms with Gasteiger partial charge in [0.15, 0.2) is 0 Å². The minimum Gasteiger partial charge on any atom is -0.458 e. The number of nitrogens with zero attached hydrogens (tertiary/aromatic N) is 2. The number of rotatable bonds is 10. The Morgan fingerprint density at radius 2 is 2.00 bits per heavy atom. The minimum absolute atomic E-state index is 0.0425. The van der Waals surface area contributed by atoms with Crippen LogP contribution in [0.4, 0.5) is 4.79 Å². The zero-order chi connectivity index (χ0) is 17.9. The van der Waals surface area contributed by atoms with E-state index in [1.165, 1.54) is 31.0 Å². The highest BCUT2D eigenvalue weighted by atomic mass is 35.5. The van der Waals surface area contributed by atoms with Gasteiger partial charge in [0.1, 0.15) is 0 Å². The molecule has 6 heteroatoms. The number of hydrogen-bond acceptors (Lipinski definition) is 4. The van der Waals surface area contributed by atoms with Crippen LogP contribution < -0.4 is 0 Å². The van der Waals surface area contributed by atoms with Crippen molar-refractivity contribution in [3.8, 4) is 0 Å². The fourth-order valence-electron chi connectivity index (χ4n) is 2.49. The molecule has 0 fully saturated rings. The Bertz CT molecular complexity index is 617. The Balaban J connectivity index is 1.87. The summed E-state index contributed by atoms with van der Waals surface area (Å²) in [6.07, 6.45) is 11.1. The number of imidazole rings is 1. The maximum Gasteiger partial charge on any atom is 0.367 e. The van der Waals surface area contributed by atoms with Crippen LogP contribution in [0.25, 0.3) is 0 Å². The number of unbranched alkanes of at least 4 members (excludes halogenated alkanes) is 4. The second kappa shape index (κ2) is 11.2. The van der Waals surface area contributed by atoms with Gasteiger partial charge in [-0.15, -0.1) is 0 Å². The van der Waals surface area contributed by atoms with E-state index in [1.807, 2.05) is 35.0 Å². The first-order chi connectivity index (χ1) is 12.2. The van der Waals surface area contributed by atoms with Gasteiger partial charge in [-0.1, -0.05) is 56.3 Å². The van der Waals surface area contributed by atoms with Gasteiger partial charge in [0, 0.05) is 24.0 Å². The predicted molar refractivity (Wildman–Crippen MR) is 104 cm³/mol. The molecule has 0 amide bonds. The van der Waals surface area contributed by atoms with Gasteiger partial charge in [-0.25, -0.2) is 9.78 Å². The molecule has 0 N–H and O–H groups in total. The standard InChI is InChI=1S/C19H25ClN2O2S/c1-2-3-4-5-6-13-24-19(23)25-18(14-22-12-11-21-15-22)16-7-9-17(20)10-8-16/h7-12,15,18H,2-6,13-14H2,1H3. The van der Waals surface area contributed by atoms with Gasteiger partial charge in [0.25, 0.3) is 0 Å². The van der Waals surface area contributed by atoms with Crippen molar-refractivity contribution in [2.75, 3.05) is 6.61 Å². The molecule has 0 saturated carbocycles. The molecule has 4 nitrogen and oxygen atoms in total. The van der Waals surface area contributed by atoms with Crippen molar-refractivity contribution >= 4 is 28.7 Å². The van der Waals surface area contributed by atoms with Crippen LogP contribution in [-0.4, -0.2) is 21.5 Å². The predicted octanol–water partition coefficient (Wildman–Crippen LogP) is 6.12. The maximum atomic E-state index is 12.2. The summed E-state index contributed by atoms with van der Waals surface area (Å²) in [5.74, 6) is 0. The Morgan fingerprint density at radius 1 is 1.24 bits per heavy atom. The molecular formula is C19H25ClN2O2S. The van der Waals surface area contributed by atoms with Crippen LogP contribution in [0.15, 0.2) is 43.0 Å². The topological polar surface area (TPSA) is 44.1 Å². The number of carbonyl (C=O) groups excluding carboxylic acids is 1. The van der Waals surface area contributed by atoms with Gasteiger partial charge in [0.2, 0.25) is 0 Å². The van der Waals surface area contributed by atoms with Crippen molar-refractivity contribution in [1.82, 2.24) is 9.55 Å². The highest BCUT2D eigenvalue weighted by Gasteiger charge is 2.18. The average Bonchev–Trinajstić information content (AvgIpc) is 3.11. The summed E-state index contributed by atoms with van der Waals surface area (Å²) in [5, 5.41) is 0.416. The molecule has 0 saturated heterocycles. The Kier molecular flexibility index (Phi) is 8.91. The van der Waals surface area contributed by atoms with Crippen LogP contribution in [0.5, 0.6) is 0 Å². The number of aromatic nitrogens is 2. The summed E-state index contributed by atoms with van der Waals surface area (Å²) in [7, 11) is 0. The summed E-state index contributed by atoms with van der Waals surface area (Å²) in [6, 6.07) is 7.60. The highest BCUT2D eigenvalue weighted by molar-refractivity contribution is 8.13. The molecule has 0 aliphatic carbocycles. The zero-order valence-electron chi connectivity index (χ0n) is 14.6. The lowest BCUT2D eigenvalue weighted by Gasteiger charge is -2.17. The number of halogens is 1. The maximum absolute atomic E-state index is 12.2. The normalized spacial score (nSPS) is 12.1. The first-order valence-electron chi connectivity index (χ1n) is 8.73. The van der Waals surface area contributed by atoms with Gasteiger partial charge in [0.05, 0.1) is 18.2 Å². The van der Waals surface area contributed by atoms with Gasteiger partial charge < -0.3 is 9.30 Å². The van der Waals surface area contributed by atoms with Crippen molar-refractivity contribution < 1.29 is 9.53 Å². The third kappa shape index (κ3) is 7.53.